The summed E-state index contributed by atoms with van der Waals surface area (Å²) in [4.78, 5) is 15.5. The zero-order valence-electron chi connectivity index (χ0n) is 13.2. The molecule has 0 bridgehead atoms. The molecule has 1 aromatic heterocycles. The monoisotopic (exact) mass is 321 g/mol. The highest BCUT2D eigenvalue weighted by molar-refractivity contribution is 6.13. The van der Waals surface area contributed by atoms with E-state index in [0.29, 0.717) is 11.6 Å². The van der Waals surface area contributed by atoms with Gasteiger partial charge in [-0.2, -0.15) is 0 Å². The van der Waals surface area contributed by atoms with Gasteiger partial charge < -0.3 is 15.7 Å². The molecule has 0 radical (unpaired) electrons. The fourth-order valence-electron chi connectivity index (χ4n) is 3.45. The summed E-state index contributed by atoms with van der Waals surface area (Å²) in [7, 11) is 0. The Labute approximate surface area is 139 Å². The second kappa shape index (κ2) is 6.09. The van der Waals surface area contributed by atoms with Gasteiger partial charge in [-0.1, -0.05) is 6.07 Å². The van der Waals surface area contributed by atoms with Crippen molar-refractivity contribution in [1.82, 2.24) is 10.3 Å². The van der Waals surface area contributed by atoms with E-state index in [0.717, 1.165) is 53.2 Å². The Balaban J connectivity index is 1.87. The number of carbonyl (C=O) groups is 1. The van der Waals surface area contributed by atoms with E-state index in [9.17, 15) is 9.90 Å². The minimum atomic E-state index is -0.908. The van der Waals surface area contributed by atoms with Crippen molar-refractivity contribution in [3.05, 3.63) is 48.3 Å². The average Bonchev–Trinajstić information content (AvgIpc) is 2.62. The highest BCUT2D eigenvalue weighted by Gasteiger charge is 2.15. The number of hydrogen-bond donors (Lipinski definition) is 3. The van der Waals surface area contributed by atoms with Gasteiger partial charge in [-0.15, -0.1) is 0 Å². The van der Waals surface area contributed by atoms with Gasteiger partial charge in [-0.25, -0.2) is 4.79 Å². The lowest BCUT2D eigenvalue weighted by atomic mass is 9.99. The number of aromatic carboxylic acids is 1. The molecule has 122 valence electrons. The van der Waals surface area contributed by atoms with Crippen LogP contribution in [0.1, 0.15) is 23.2 Å². The van der Waals surface area contributed by atoms with Crippen molar-refractivity contribution in [2.24, 2.45) is 0 Å². The third-order valence-corrected chi connectivity index (χ3v) is 4.66. The maximum absolute atomic E-state index is 11.3. The first kappa shape index (κ1) is 14.9. The minimum absolute atomic E-state index is 0.302. The van der Waals surface area contributed by atoms with E-state index in [1.54, 1.807) is 18.3 Å². The second-order valence-electron chi connectivity index (χ2n) is 6.27. The van der Waals surface area contributed by atoms with Crippen molar-refractivity contribution in [1.29, 1.82) is 0 Å². The Morgan fingerprint density at radius 1 is 1.21 bits per heavy atom. The second-order valence-corrected chi connectivity index (χ2v) is 6.27. The number of pyridine rings is 1. The van der Waals surface area contributed by atoms with Crippen LogP contribution in [0, 0.1) is 0 Å². The molecular weight excluding hydrogens is 302 g/mol. The predicted octanol–water partition coefficient (Wildman–Crippen LogP) is 3.25. The van der Waals surface area contributed by atoms with Gasteiger partial charge in [0.25, 0.3) is 0 Å². The number of carboxylic acid groups (broad SMARTS) is 1. The molecule has 1 unspecified atom stereocenters. The van der Waals surface area contributed by atoms with Crippen LogP contribution in [0.2, 0.25) is 0 Å². The first-order valence-electron chi connectivity index (χ1n) is 8.23. The molecule has 1 atom stereocenters. The van der Waals surface area contributed by atoms with E-state index in [4.69, 9.17) is 0 Å². The maximum atomic E-state index is 11.3. The number of benzene rings is 2. The van der Waals surface area contributed by atoms with Crippen LogP contribution in [0.25, 0.3) is 21.5 Å². The van der Waals surface area contributed by atoms with E-state index in [-0.39, 0.29) is 0 Å². The van der Waals surface area contributed by atoms with Gasteiger partial charge in [-0.3, -0.25) is 4.98 Å². The molecule has 5 nitrogen and oxygen atoms in total. The summed E-state index contributed by atoms with van der Waals surface area (Å²) in [6.45, 7) is 2.02. The Morgan fingerprint density at radius 2 is 2.12 bits per heavy atom. The van der Waals surface area contributed by atoms with Crippen molar-refractivity contribution in [2.45, 2.75) is 18.9 Å². The molecule has 1 fully saturated rings. The zero-order chi connectivity index (χ0) is 16.5. The largest absolute Gasteiger partial charge is 0.478 e. The SMILES string of the molecule is O=C(O)c1ccc2c(c1)cc(NC1CCCNC1)c1ccncc12. The lowest BCUT2D eigenvalue weighted by Crippen LogP contribution is -2.38. The van der Waals surface area contributed by atoms with Gasteiger partial charge in [0.1, 0.15) is 0 Å². The number of nitrogens with one attached hydrogen (secondary N) is 2. The van der Waals surface area contributed by atoms with Gasteiger partial charge in [0, 0.05) is 41.4 Å². The molecule has 1 aliphatic heterocycles. The van der Waals surface area contributed by atoms with Crippen molar-refractivity contribution in [3.8, 4) is 0 Å². The molecule has 0 spiro atoms. The Kier molecular flexibility index (Phi) is 3.78. The number of piperidine rings is 1. The van der Waals surface area contributed by atoms with E-state index in [1.807, 2.05) is 18.3 Å². The van der Waals surface area contributed by atoms with Crippen LogP contribution >= 0.6 is 0 Å². The summed E-state index contributed by atoms with van der Waals surface area (Å²) in [5.41, 5.74) is 1.34. The Bertz CT molecular complexity index is 917. The molecule has 2 aromatic carbocycles. The summed E-state index contributed by atoms with van der Waals surface area (Å²) in [5, 5.41) is 20.4. The summed E-state index contributed by atoms with van der Waals surface area (Å²) in [6.07, 6.45) is 5.94. The lowest BCUT2D eigenvalue weighted by molar-refractivity contribution is 0.0697. The van der Waals surface area contributed by atoms with E-state index in [1.165, 1.54) is 0 Å². The van der Waals surface area contributed by atoms with Gasteiger partial charge in [0.2, 0.25) is 0 Å². The first-order chi connectivity index (χ1) is 11.7. The summed E-state index contributed by atoms with van der Waals surface area (Å²) in [6, 6.07) is 9.70. The molecule has 4 rings (SSSR count). The van der Waals surface area contributed by atoms with Crippen LogP contribution in [0.5, 0.6) is 0 Å². The molecule has 24 heavy (non-hydrogen) atoms. The smallest absolute Gasteiger partial charge is 0.335 e. The maximum Gasteiger partial charge on any atom is 0.335 e. The van der Waals surface area contributed by atoms with Crippen molar-refractivity contribution in [3.63, 3.8) is 0 Å². The van der Waals surface area contributed by atoms with E-state index < -0.39 is 5.97 Å². The molecule has 3 N–H and O–H groups in total. The minimum Gasteiger partial charge on any atom is -0.478 e. The van der Waals surface area contributed by atoms with Gasteiger partial charge in [0.15, 0.2) is 0 Å². The molecule has 0 amide bonds. The fourth-order valence-corrected chi connectivity index (χ4v) is 3.45. The highest BCUT2D eigenvalue weighted by atomic mass is 16.4. The molecule has 5 heteroatoms. The molecular formula is C19H19N3O2. The number of rotatable bonds is 3. The third kappa shape index (κ3) is 2.67. The van der Waals surface area contributed by atoms with E-state index in [2.05, 4.69) is 21.7 Å². The summed E-state index contributed by atoms with van der Waals surface area (Å²) >= 11 is 0. The van der Waals surface area contributed by atoms with Gasteiger partial charge in [-0.05, 0) is 54.4 Å². The number of hydrogen-bond acceptors (Lipinski definition) is 4. The average molecular weight is 321 g/mol. The van der Waals surface area contributed by atoms with Crippen LogP contribution < -0.4 is 10.6 Å². The summed E-state index contributed by atoms with van der Waals surface area (Å²) < 4.78 is 0. The molecule has 1 aliphatic rings. The first-order valence-corrected chi connectivity index (χ1v) is 8.23. The van der Waals surface area contributed by atoms with Crippen molar-refractivity contribution in [2.75, 3.05) is 18.4 Å². The van der Waals surface area contributed by atoms with Gasteiger partial charge >= 0.3 is 5.97 Å². The zero-order valence-corrected chi connectivity index (χ0v) is 13.2. The lowest BCUT2D eigenvalue weighted by Gasteiger charge is -2.25. The van der Waals surface area contributed by atoms with E-state index >= 15 is 0 Å². The third-order valence-electron chi connectivity index (χ3n) is 4.66. The van der Waals surface area contributed by atoms with Crippen LogP contribution in [-0.2, 0) is 0 Å². The van der Waals surface area contributed by atoms with Crippen LogP contribution in [0.3, 0.4) is 0 Å². The normalized spacial score (nSPS) is 17.9. The molecule has 1 saturated heterocycles. The van der Waals surface area contributed by atoms with Crippen molar-refractivity contribution < 1.29 is 9.90 Å². The molecule has 3 aromatic rings. The molecule has 2 heterocycles. The van der Waals surface area contributed by atoms with Crippen LogP contribution in [0.4, 0.5) is 5.69 Å². The highest BCUT2D eigenvalue weighted by Crippen LogP contribution is 2.32. The predicted molar refractivity (Wildman–Crippen MR) is 95.7 cm³/mol. The van der Waals surface area contributed by atoms with Crippen LogP contribution in [-0.4, -0.2) is 35.2 Å². The summed E-state index contributed by atoms with van der Waals surface area (Å²) in [5.74, 6) is -0.908. The number of carboxylic acids is 1. The quantitative estimate of drug-likeness (QED) is 0.646. The van der Waals surface area contributed by atoms with Gasteiger partial charge in [0.05, 0.1) is 5.56 Å². The number of nitrogens with zero attached hydrogens (tertiary/aromatic N) is 1. The standard InChI is InChI=1S/C19H19N3O2/c23-19(24)12-3-4-15-13(8-12)9-18(16-5-7-21-11-17(15)16)22-14-2-1-6-20-10-14/h3-5,7-9,11,14,20,22H,1-2,6,10H2,(H,23,24). The number of aromatic nitrogens is 1. The Hall–Kier alpha value is -2.66. The topological polar surface area (TPSA) is 74.2 Å². The number of fused-ring (bicyclic) bond motifs is 3. The van der Waals surface area contributed by atoms with Crippen LogP contribution in [0.15, 0.2) is 42.7 Å². The number of anilines is 1. The molecule has 0 saturated carbocycles. The molecule has 0 aliphatic carbocycles. The van der Waals surface area contributed by atoms with Crippen molar-refractivity contribution >= 4 is 33.2 Å². The fraction of sp³-hybridized carbons (Fsp3) is 0.263. The Morgan fingerprint density at radius 3 is 2.92 bits per heavy atom.